The summed E-state index contributed by atoms with van der Waals surface area (Å²) >= 11 is 6.04. The second-order valence-electron chi connectivity index (χ2n) is 7.04. The zero-order valence-corrected chi connectivity index (χ0v) is 18.8. The molecule has 0 saturated heterocycles. The van der Waals surface area contributed by atoms with Crippen LogP contribution in [-0.4, -0.2) is 33.9 Å². The second-order valence-corrected chi connectivity index (χ2v) is 7.48. The van der Waals surface area contributed by atoms with Crippen LogP contribution in [0, 0.1) is 0 Å². The Morgan fingerprint density at radius 3 is 2.00 bits per heavy atom. The Hall–Kier alpha value is -3.64. The van der Waals surface area contributed by atoms with E-state index in [0.717, 1.165) is 16.9 Å². The van der Waals surface area contributed by atoms with Gasteiger partial charge in [-0.25, -0.2) is 4.79 Å². The Balaban J connectivity index is 1.87. The van der Waals surface area contributed by atoms with Gasteiger partial charge in [-0.3, -0.25) is 9.80 Å². The largest absolute Gasteiger partial charge is 0.493 e. The van der Waals surface area contributed by atoms with E-state index < -0.39 is 0 Å². The number of methoxy groups -OCH3 is 3. The molecule has 6 nitrogen and oxygen atoms in total. The van der Waals surface area contributed by atoms with Crippen molar-refractivity contribution in [3.05, 3.63) is 83.4 Å². The SMILES string of the molecule is COc1cc(N2C(=O)N(c3ccc(Cl)cc3)CC=C2c2ccccc2)cc(OC)c1OC. The Bertz CT molecular complexity index is 1120. The van der Waals surface area contributed by atoms with E-state index in [2.05, 4.69) is 0 Å². The van der Waals surface area contributed by atoms with E-state index in [-0.39, 0.29) is 6.03 Å². The third-order valence-corrected chi connectivity index (χ3v) is 5.50. The lowest BCUT2D eigenvalue weighted by molar-refractivity contribution is 0.253. The molecule has 164 valence electrons. The number of anilines is 2. The summed E-state index contributed by atoms with van der Waals surface area (Å²) in [7, 11) is 4.64. The topological polar surface area (TPSA) is 51.2 Å². The van der Waals surface area contributed by atoms with Crippen LogP contribution < -0.4 is 24.0 Å². The Morgan fingerprint density at radius 2 is 1.44 bits per heavy atom. The molecule has 1 heterocycles. The van der Waals surface area contributed by atoms with Gasteiger partial charge in [0.05, 0.1) is 32.7 Å². The van der Waals surface area contributed by atoms with Crippen LogP contribution in [0.15, 0.2) is 72.8 Å². The fourth-order valence-electron chi connectivity index (χ4n) is 3.71. The highest BCUT2D eigenvalue weighted by atomic mass is 35.5. The Labute approximate surface area is 192 Å². The summed E-state index contributed by atoms with van der Waals surface area (Å²) in [6.07, 6.45) is 2.02. The van der Waals surface area contributed by atoms with Crippen molar-refractivity contribution in [3.63, 3.8) is 0 Å². The molecular weight excluding hydrogens is 428 g/mol. The number of benzene rings is 3. The molecule has 0 N–H and O–H groups in total. The summed E-state index contributed by atoms with van der Waals surface area (Å²) < 4.78 is 16.5. The summed E-state index contributed by atoms with van der Waals surface area (Å²) in [6, 6.07) is 20.3. The number of hydrogen-bond acceptors (Lipinski definition) is 4. The van der Waals surface area contributed by atoms with Crippen molar-refractivity contribution in [2.75, 3.05) is 37.7 Å². The molecule has 0 aromatic heterocycles. The van der Waals surface area contributed by atoms with Crippen LogP contribution in [0.5, 0.6) is 17.2 Å². The van der Waals surface area contributed by atoms with Gasteiger partial charge in [0.2, 0.25) is 5.75 Å². The minimum atomic E-state index is -0.206. The quantitative estimate of drug-likeness (QED) is 0.472. The molecule has 0 radical (unpaired) electrons. The number of carbonyl (C=O) groups excluding carboxylic acids is 1. The first kappa shape index (κ1) is 21.6. The first-order chi connectivity index (χ1) is 15.6. The van der Waals surface area contributed by atoms with Crippen molar-refractivity contribution in [2.24, 2.45) is 0 Å². The molecule has 1 aliphatic heterocycles. The summed E-state index contributed by atoms with van der Waals surface area (Å²) in [5, 5.41) is 0.611. The minimum Gasteiger partial charge on any atom is -0.493 e. The van der Waals surface area contributed by atoms with Crippen LogP contribution in [0.2, 0.25) is 5.02 Å². The van der Waals surface area contributed by atoms with Crippen molar-refractivity contribution in [2.45, 2.75) is 0 Å². The molecule has 0 aliphatic carbocycles. The van der Waals surface area contributed by atoms with Gasteiger partial charge >= 0.3 is 6.03 Å². The number of ether oxygens (including phenoxy) is 3. The predicted molar refractivity (Wildman–Crippen MR) is 127 cm³/mol. The lowest BCUT2D eigenvalue weighted by Crippen LogP contribution is -2.46. The van der Waals surface area contributed by atoms with Crippen LogP contribution >= 0.6 is 11.6 Å². The maximum atomic E-state index is 13.8. The highest BCUT2D eigenvalue weighted by Crippen LogP contribution is 2.43. The average Bonchev–Trinajstić information content (AvgIpc) is 2.84. The highest BCUT2D eigenvalue weighted by molar-refractivity contribution is 6.30. The van der Waals surface area contributed by atoms with Gasteiger partial charge in [-0.2, -0.15) is 0 Å². The van der Waals surface area contributed by atoms with Gasteiger partial charge in [-0.15, -0.1) is 0 Å². The second kappa shape index (κ2) is 9.24. The van der Waals surface area contributed by atoms with E-state index in [4.69, 9.17) is 25.8 Å². The molecule has 0 unspecified atom stereocenters. The van der Waals surface area contributed by atoms with Crippen molar-refractivity contribution in [1.29, 1.82) is 0 Å². The lowest BCUT2D eigenvalue weighted by atomic mass is 10.1. The highest BCUT2D eigenvalue weighted by Gasteiger charge is 2.32. The molecule has 3 aromatic carbocycles. The van der Waals surface area contributed by atoms with E-state index in [1.165, 1.54) is 0 Å². The first-order valence-electron chi connectivity index (χ1n) is 10.00. The molecule has 4 rings (SSSR count). The van der Waals surface area contributed by atoms with Crippen LogP contribution in [-0.2, 0) is 0 Å². The molecule has 0 bridgehead atoms. The number of nitrogens with zero attached hydrogens (tertiary/aromatic N) is 2. The number of rotatable bonds is 6. The zero-order valence-electron chi connectivity index (χ0n) is 18.0. The Kier molecular flexibility index (Phi) is 6.23. The number of halogens is 1. The summed E-state index contributed by atoms with van der Waals surface area (Å²) in [5.41, 5.74) is 3.04. The third kappa shape index (κ3) is 3.97. The van der Waals surface area contributed by atoms with Gasteiger partial charge < -0.3 is 14.2 Å². The number of amides is 2. The average molecular weight is 451 g/mol. The molecule has 1 aliphatic rings. The number of urea groups is 1. The molecule has 0 spiro atoms. The molecule has 32 heavy (non-hydrogen) atoms. The maximum absolute atomic E-state index is 13.8. The molecule has 7 heteroatoms. The van der Waals surface area contributed by atoms with Crippen LogP contribution in [0.3, 0.4) is 0 Å². The van der Waals surface area contributed by atoms with Crippen LogP contribution in [0.4, 0.5) is 16.2 Å². The number of carbonyl (C=O) groups is 1. The normalized spacial score (nSPS) is 13.6. The first-order valence-corrected chi connectivity index (χ1v) is 10.4. The lowest BCUT2D eigenvalue weighted by Gasteiger charge is -2.36. The van der Waals surface area contributed by atoms with Gasteiger partial charge in [0.1, 0.15) is 0 Å². The van der Waals surface area contributed by atoms with Crippen molar-refractivity contribution < 1.29 is 19.0 Å². The molecule has 0 fully saturated rings. The monoisotopic (exact) mass is 450 g/mol. The van der Waals surface area contributed by atoms with Crippen molar-refractivity contribution >= 4 is 34.7 Å². The molecule has 0 atom stereocenters. The van der Waals surface area contributed by atoms with E-state index in [1.807, 2.05) is 48.5 Å². The fraction of sp³-hybridized carbons (Fsp3) is 0.160. The Morgan fingerprint density at radius 1 is 0.812 bits per heavy atom. The van der Waals surface area contributed by atoms with Gasteiger partial charge in [-0.1, -0.05) is 41.9 Å². The van der Waals surface area contributed by atoms with Crippen LogP contribution in [0.1, 0.15) is 5.56 Å². The summed E-state index contributed by atoms with van der Waals surface area (Å²) in [6.45, 7) is 0.422. The van der Waals surface area contributed by atoms with Crippen molar-refractivity contribution in [1.82, 2.24) is 0 Å². The number of hydrogen-bond donors (Lipinski definition) is 0. The molecule has 3 aromatic rings. The molecule has 0 saturated carbocycles. The van der Waals surface area contributed by atoms with Gasteiger partial charge in [0, 0.05) is 29.4 Å². The van der Waals surface area contributed by atoms with Gasteiger partial charge in [-0.05, 0) is 35.9 Å². The van der Waals surface area contributed by atoms with Gasteiger partial charge in [0.15, 0.2) is 11.5 Å². The smallest absolute Gasteiger partial charge is 0.333 e. The summed E-state index contributed by atoms with van der Waals surface area (Å²) in [5.74, 6) is 1.39. The predicted octanol–water partition coefficient (Wildman–Crippen LogP) is 5.85. The zero-order chi connectivity index (χ0) is 22.7. The molecule has 2 amide bonds. The molecular formula is C25H23ClN2O4. The summed E-state index contributed by atoms with van der Waals surface area (Å²) in [4.78, 5) is 17.2. The van der Waals surface area contributed by atoms with E-state index in [9.17, 15) is 4.79 Å². The van der Waals surface area contributed by atoms with Crippen LogP contribution in [0.25, 0.3) is 5.70 Å². The standard InChI is InChI=1S/C25H23ClN2O4/c1-30-22-15-20(16-23(31-2)24(22)32-3)28-21(17-7-5-4-6-8-17)13-14-27(25(28)29)19-11-9-18(26)10-12-19/h4-13,15-16H,14H2,1-3H3. The maximum Gasteiger partial charge on any atom is 0.333 e. The fourth-order valence-corrected chi connectivity index (χ4v) is 3.84. The minimum absolute atomic E-state index is 0.206. The van der Waals surface area contributed by atoms with E-state index in [0.29, 0.717) is 34.5 Å². The van der Waals surface area contributed by atoms with E-state index in [1.54, 1.807) is 55.4 Å². The van der Waals surface area contributed by atoms with E-state index >= 15 is 0 Å². The third-order valence-electron chi connectivity index (χ3n) is 5.25. The van der Waals surface area contributed by atoms with Gasteiger partial charge in [0.25, 0.3) is 0 Å². The van der Waals surface area contributed by atoms with Crippen molar-refractivity contribution in [3.8, 4) is 17.2 Å².